The molecule has 0 spiro atoms. The van der Waals surface area contributed by atoms with Crippen LogP contribution >= 0.6 is 7.37 Å². The van der Waals surface area contributed by atoms with E-state index in [1.54, 1.807) is 54.6 Å². The second-order valence-electron chi connectivity index (χ2n) is 10.7. The molecule has 4 aromatic rings. The Morgan fingerprint density at radius 2 is 1.47 bits per heavy atom. The van der Waals surface area contributed by atoms with Crippen molar-refractivity contribution in [2.45, 2.75) is 32.1 Å². The Balaban J connectivity index is 1.22. The average Bonchev–Trinajstić information content (AvgIpc) is 3.02. The van der Waals surface area contributed by atoms with Gasteiger partial charge in [0.1, 0.15) is 36.6 Å². The van der Waals surface area contributed by atoms with E-state index in [9.17, 15) is 23.0 Å². The molecule has 0 aliphatic carbocycles. The van der Waals surface area contributed by atoms with Gasteiger partial charge in [-0.1, -0.05) is 60.7 Å². The number of ether oxygens (including phenoxy) is 3. The summed E-state index contributed by atoms with van der Waals surface area (Å²) in [6.07, 6.45) is 0.613. The van der Waals surface area contributed by atoms with E-state index in [0.29, 0.717) is 29.0 Å². The second kappa shape index (κ2) is 15.9. The quantitative estimate of drug-likeness (QED) is 0.121. The van der Waals surface area contributed by atoms with Gasteiger partial charge in [0, 0.05) is 24.0 Å². The van der Waals surface area contributed by atoms with Crippen LogP contribution in [0.4, 0.5) is 5.69 Å². The van der Waals surface area contributed by atoms with Gasteiger partial charge in [-0.2, -0.15) is 0 Å². The third-order valence-corrected chi connectivity index (χ3v) is 8.83. The van der Waals surface area contributed by atoms with Gasteiger partial charge >= 0.3 is 0 Å². The Morgan fingerprint density at radius 3 is 2.13 bits per heavy atom. The SMILES string of the molecule is C[C@@H](Cc1ccc(OCP(=O)(O)c2ccccc2)cc1)NC[C@@H](O)COc1ccc(OCc2ccccc2)c(NS(C)(=O)=O)c1. The number of aliphatic hydroxyl groups is 1. The van der Waals surface area contributed by atoms with Crippen molar-refractivity contribution in [1.82, 2.24) is 5.32 Å². The molecule has 1 unspecified atom stereocenters. The Hall–Kier alpha value is -3.86. The molecule has 0 bridgehead atoms. The molecule has 0 heterocycles. The van der Waals surface area contributed by atoms with Crippen LogP contribution < -0.4 is 29.6 Å². The van der Waals surface area contributed by atoms with Crippen LogP contribution in [0, 0.1) is 0 Å². The van der Waals surface area contributed by atoms with E-state index in [0.717, 1.165) is 17.4 Å². The van der Waals surface area contributed by atoms with E-state index in [4.69, 9.17) is 14.2 Å². The number of anilines is 1. The van der Waals surface area contributed by atoms with E-state index < -0.39 is 23.5 Å². The summed E-state index contributed by atoms with van der Waals surface area (Å²) in [5.74, 6) is 1.24. The van der Waals surface area contributed by atoms with Gasteiger partial charge in [-0.3, -0.25) is 9.29 Å². The predicted molar refractivity (Wildman–Crippen MR) is 176 cm³/mol. The topological polar surface area (TPSA) is 143 Å². The molecule has 3 atom stereocenters. The first-order valence-electron chi connectivity index (χ1n) is 14.4. The lowest BCUT2D eigenvalue weighted by Gasteiger charge is -2.19. The third-order valence-electron chi connectivity index (χ3n) is 6.66. The minimum atomic E-state index is -3.62. The van der Waals surface area contributed by atoms with Crippen molar-refractivity contribution >= 4 is 28.4 Å². The zero-order valence-electron chi connectivity index (χ0n) is 25.2. The molecule has 0 amide bonds. The van der Waals surface area contributed by atoms with Crippen molar-refractivity contribution < 1.29 is 37.2 Å². The van der Waals surface area contributed by atoms with E-state index in [-0.39, 0.29) is 37.8 Å². The molecule has 12 heteroatoms. The molecule has 0 radical (unpaired) electrons. The van der Waals surface area contributed by atoms with Crippen LogP contribution in [0.3, 0.4) is 0 Å². The normalized spacial score (nSPS) is 14.1. The molecule has 0 aromatic heterocycles. The molecular formula is C33H39N2O8PS. The summed E-state index contributed by atoms with van der Waals surface area (Å²) in [6, 6.07) is 30.1. The highest BCUT2D eigenvalue weighted by molar-refractivity contribution is 7.92. The van der Waals surface area contributed by atoms with Crippen molar-refractivity contribution in [3.05, 3.63) is 114 Å². The Kier molecular flexibility index (Phi) is 12.0. The van der Waals surface area contributed by atoms with Gasteiger partial charge in [-0.25, -0.2) is 8.42 Å². The number of rotatable bonds is 17. The van der Waals surface area contributed by atoms with Gasteiger partial charge in [0.05, 0.1) is 11.9 Å². The third kappa shape index (κ3) is 11.5. The fourth-order valence-corrected chi connectivity index (χ4v) is 6.04. The summed E-state index contributed by atoms with van der Waals surface area (Å²) >= 11 is 0. The Labute approximate surface area is 264 Å². The van der Waals surface area contributed by atoms with E-state index in [2.05, 4.69) is 10.0 Å². The maximum Gasteiger partial charge on any atom is 0.265 e. The van der Waals surface area contributed by atoms with Crippen LogP contribution in [0.2, 0.25) is 0 Å². The van der Waals surface area contributed by atoms with Crippen LogP contribution in [-0.2, 0) is 27.6 Å². The van der Waals surface area contributed by atoms with E-state index in [1.165, 1.54) is 6.07 Å². The van der Waals surface area contributed by atoms with Crippen LogP contribution in [0.25, 0.3) is 0 Å². The number of hydrogen-bond donors (Lipinski definition) is 4. The van der Waals surface area contributed by atoms with Crippen LogP contribution in [0.15, 0.2) is 103 Å². The smallest absolute Gasteiger partial charge is 0.265 e. The zero-order chi connectivity index (χ0) is 32.3. The minimum Gasteiger partial charge on any atom is -0.491 e. The number of benzene rings is 4. The maximum absolute atomic E-state index is 12.6. The number of nitrogens with one attached hydrogen (secondary N) is 2. The second-order valence-corrected chi connectivity index (χ2v) is 14.7. The fourth-order valence-electron chi connectivity index (χ4n) is 4.37. The van der Waals surface area contributed by atoms with E-state index >= 15 is 0 Å². The molecular weight excluding hydrogens is 615 g/mol. The number of aliphatic hydroxyl groups excluding tert-OH is 1. The molecule has 0 aliphatic rings. The van der Waals surface area contributed by atoms with Crippen molar-refractivity contribution in [3.63, 3.8) is 0 Å². The standard InChI is InChI=1S/C33H39N2O8PS/c1-25(19-26-13-15-29(16-14-26)43-24-44(37,38)31-11-7-4-8-12-31)34-21-28(36)23-41-30-17-18-33(32(20-30)35-45(2,39)40)42-22-27-9-5-3-6-10-27/h3-18,20,25,28,34-36H,19,21-24H2,1-2H3,(H,37,38)/t25-,28+/m0/s1. The van der Waals surface area contributed by atoms with Crippen LogP contribution in [0.1, 0.15) is 18.1 Å². The average molecular weight is 655 g/mol. The lowest BCUT2D eigenvalue weighted by atomic mass is 10.1. The molecule has 4 N–H and O–H groups in total. The monoisotopic (exact) mass is 654 g/mol. The summed E-state index contributed by atoms with van der Waals surface area (Å²) in [4.78, 5) is 10.3. The molecule has 0 aliphatic heterocycles. The minimum absolute atomic E-state index is 0.00795. The van der Waals surface area contributed by atoms with Gasteiger partial charge in [0.15, 0.2) is 6.35 Å². The van der Waals surface area contributed by atoms with Crippen LogP contribution in [0.5, 0.6) is 17.2 Å². The highest BCUT2D eigenvalue weighted by atomic mass is 32.2. The molecule has 0 saturated carbocycles. The molecule has 0 saturated heterocycles. The lowest BCUT2D eigenvalue weighted by molar-refractivity contribution is 0.104. The molecule has 10 nitrogen and oxygen atoms in total. The Bertz CT molecular complexity index is 1660. The summed E-state index contributed by atoms with van der Waals surface area (Å²) in [6.45, 7) is 2.53. The summed E-state index contributed by atoms with van der Waals surface area (Å²) in [5, 5.41) is 14.1. The van der Waals surface area contributed by atoms with Crippen molar-refractivity contribution in [2.24, 2.45) is 0 Å². The van der Waals surface area contributed by atoms with Crippen molar-refractivity contribution in [2.75, 3.05) is 30.5 Å². The molecule has 4 rings (SSSR count). The first kappa shape index (κ1) is 34.0. The Morgan fingerprint density at radius 1 is 0.822 bits per heavy atom. The molecule has 240 valence electrons. The summed E-state index contributed by atoms with van der Waals surface area (Å²) in [5.41, 5.74) is 2.21. The first-order chi connectivity index (χ1) is 21.5. The number of hydrogen-bond acceptors (Lipinski definition) is 8. The fraction of sp³-hybridized carbons (Fsp3) is 0.273. The summed E-state index contributed by atoms with van der Waals surface area (Å²) in [7, 11) is -7.19. The molecule has 45 heavy (non-hydrogen) atoms. The van der Waals surface area contributed by atoms with Crippen molar-refractivity contribution in [3.8, 4) is 17.2 Å². The summed E-state index contributed by atoms with van der Waals surface area (Å²) < 4.78 is 56.1. The molecule has 0 fully saturated rings. The number of sulfonamides is 1. The zero-order valence-corrected chi connectivity index (χ0v) is 26.9. The highest BCUT2D eigenvalue weighted by Crippen LogP contribution is 2.39. The lowest BCUT2D eigenvalue weighted by Crippen LogP contribution is -2.37. The highest BCUT2D eigenvalue weighted by Gasteiger charge is 2.22. The van der Waals surface area contributed by atoms with Crippen LogP contribution in [-0.4, -0.2) is 56.3 Å². The maximum atomic E-state index is 12.6. The van der Waals surface area contributed by atoms with E-state index in [1.807, 2.05) is 49.4 Å². The predicted octanol–water partition coefficient (Wildman–Crippen LogP) is 4.53. The van der Waals surface area contributed by atoms with Gasteiger partial charge in [0.25, 0.3) is 7.37 Å². The van der Waals surface area contributed by atoms with Gasteiger partial charge in [-0.15, -0.1) is 0 Å². The van der Waals surface area contributed by atoms with Gasteiger partial charge in [-0.05, 0) is 60.9 Å². The first-order valence-corrected chi connectivity index (χ1v) is 18.1. The molecule has 4 aromatic carbocycles. The van der Waals surface area contributed by atoms with Gasteiger partial charge < -0.3 is 29.5 Å². The largest absolute Gasteiger partial charge is 0.491 e. The van der Waals surface area contributed by atoms with Gasteiger partial charge in [0.2, 0.25) is 10.0 Å². The van der Waals surface area contributed by atoms with Crippen molar-refractivity contribution in [1.29, 1.82) is 0 Å².